The fraction of sp³-hybridized carbons (Fsp3) is 0.125. The van der Waals surface area contributed by atoms with Crippen molar-refractivity contribution in [3.63, 3.8) is 0 Å². The minimum atomic E-state index is -2.35. The van der Waals surface area contributed by atoms with Crippen molar-refractivity contribution in [3.05, 3.63) is 65.7 Å². The number of hydrogen-bond acceptors (Lipinski definition) is 0. The van der Waals surface area contributed by atoms with Crippen molar-refractivity contribution in [1.82, 2.24) is 0 Å². The fourth-order valence-corrected chi connectivity index (χ4v) is 5.31. The first-order valence-corrected chi connectivity index (χ1v) is 13.9. The molecule has 0 heterocycles. The standard InChI is InChI=1S/C16H15ClGe/c1-18(2,17)16-11-7-6-10-15(16)13-12-14-8-4-3-5-9-14/h3-11H,1-2H3. The quantitative estimate of drug-likeness (QED) is 0.555. The van der Waals surface area contributed by atoms with E-state index in [9.17, 15) is 0 Å². The van der Waals surface area contributed by atoms with Gasteiger partial charge in [-0.2, -0.15) is 0 Å². The molecule has 0 atom stereocenters. The van der Waals surface area contributed by atoms with E-state index in [0.29, 0.717) is 0 Å². The summed E-state index contributed by atoms with van der Waals surface area (Å²) in [5.41, 5.74) is 2.11. The molecule has 2 rings (SSSR count). The Morgan fingerprint density at radius 3 is 2.11 bits per heavy atom. The summed E-state index contributed by atoms with van der Waals surface area (Å²) in [6, 6.07) is 18.3. The summed E-state index contributed by atoms with van der Waals surface area (Å²) in [5.74, 6) is 10.8. The van der Waals surface area contributed by atoms with Gasteiger partial charge in [0, 0.05) is 0 Å². The van der Waals surface area contributed by atoms with Gasteiger partial charge in [0.2, 0.25) is 0 Å². The molecule has 0 unspecified atom stereocenters. The molecular formula is C16H15ClGe. The van der Waals surface area contributed by atoms with E-state index < -0.39 is 12.3 Å². The van der Waals surface area contributed by atoms with Crippen LogP contribution in [0.4, 0.5) is 0 Å². The zero-order valence-electron chi connectivity index (χ0n) is 10.6. The topological polar surface area (TPSA) is 0 Å². The molecule has 2 aromatic rings. The van der Waals surface area contributed by atoms with Crippen LogP contribution < -0.4 is 4.40 Å². The minimum absolute atomic E-state index is 1.03. The van der Waals surface area contributed by atoms with Gasteiger partial charge in [-0.1, -0.05) is 0 Å². The van der Waals surface area contributed by atoms with E-state index in [1.54, 1.807) is 0 Å². The van der Waals surface area contributed by atoms with Crippen LogP contribution in [0.3, 0.4) is 0 Å². The van der Waals surface area contributed by atoms with Crippen molar-refractivity contribution in [1.29, 1.82) is 0 Å². The van der Waals surface area contributed by atoms with E-state index in [2.05, 4.69) is 35.5 Å². The third kappa shape index (κ3) is 3.41. The summed E-state index contributed by atoms with van der Waals surface area (Å²) in [6.45, 7) is 0. The van der Waals surface area contributed by atoms with Crippen LogP contribution >= 0.6 is 10.0 Å². The molecule has 0 aromatic heterocycles. The third-order valence-corrected chi connectivity index (χ3v) is 7.34. The number of benzene rings is 2. The van der Waals surface area contributed by atoms with Gasteiger partial charge in [0.05, 0.1) is 0 Å². The molecule has 90 valence electrons. The number of halogens is 1. The van der Waals surface area contributed by atoms with Crippen molar-refractivity contribution < 1.29 is 0 Å². The van der Waals surface area contributed by atoms with Crippen LogP contribution in [0.5, 0.6) is 0 Å². The second-order valence-electron chi connectivity index (χ2n) is 4.63. The van der Waals surface area contributed by atoms with E-state index >= 15 is 0 Å². The van der Waals surface area contributed by atoms with E-state index in [1.807, 2.05) is 42.5 Å². The van der Waals surface area contributed by atoms with Gasteiger partial charge >= 0.3 is 116 Å². The first-order chi connectivity index (χ1) is 8.57. The maximum atomic E-state index is 6.57. The van der Waals surface area contributed by atoms with Crippen molar-refractivity contribution in [2.75, 3.05) is 0 Å². The van der Waals surface area contributed by atoms with Crippen molar-refractivity contribution in [3.8, 4) is 11.8 Å². The molecule has 0 amide bonds. The van der Waals surface area contributed by atoms with Crippen LogP contribution in [0.25, 0.3) is 0 Å². The van der Waals surface area contributed by atoms with E-state index in [1.165, 1.54) is 4.40 Å². The summed E-state index contributed by atoms with van der Waals surface area (Å²) < 4.78 is 1.25. The normalized spacial score (nSPS) is 10.6. The average molecular weight is 315 g/mol. The molecule has 0 aliphatic rings. The van der Waals surface area contributed by atoms with Crippen LogP contribution in [-0.2, 0) is 0 Å². The molecule has 0 saturated heterocycles. The van der Waals surface area contributed by atoms with Gasteiger partial charge in [-0.15, -0.1) is 0 Å². The van der Waals surface area contributed by atoms with Gasteiger partial charge in [0.25, 0.3) is 0 Å². The van der Waals surface area contributed by atoms with Crippen LogP contribution in [0, 0.1) is 11.8 Å². The molecule has 0 aliphatic carbocycles. The summed E-state index contributed by atoms with van der Waals surface area (Å²) in [5, 5.41) is 0. The van der Waals surface area contributed by atoms with Gasteiger partial charge in [-0.25, -0.2) is 0 Å². The molecule has 2 heteroatoms. The van der Waals surface area contributed by atoms with Gasteiger partial charge in [-0.3, -0.25) is 0 Å². The SMILES string of the molecule is [CH3][Ge]([CH3])([Cl])[c]1ccccc1C#Cc1ccccc1. The van der Waals surface area contributed by atoms with Gasteiger partial charge in [0.1, 0.15) is 0 Å². The first-order valence-electron chi connectivity index (χ1n) is 5.93. The average Bonchev–Trinajstić information content (AvgIpc) is 2.37. The molecule has 18 heavy (non-hydrogen) atoms. The summed E-state index contributed by atoms with van der Waals surface area (Å²) in [6.07, 6.45) is 0. The molecule has 2 aromatic carbocycles. The molecule has 0 radical (unpaired) electrons. The summed E-state index contributed by atoms with van der Waals surface area (Å²) in [7, 11) is 6.57. The maximum absolute atomic E-state index is 6.57. The Hall–Kier alpha value is -1.17. The van der Waals surface area contributed by atoms with Gasteiger partial charge in [-0.05, 0) is 0 Å². The van der Waals surface area contributed by atoms with Crippen LogP contribution in [0.15, 0.2) is 54.6 Å². The van der Waals surface area contributed by atoms with E-state index in [4.69, 9.17) is 10.0 Å². The van der Waals surface area contributed by atoms with Crippen molar-refractivity contribution in [2.24, 2.45) is 0 Å². The second-order valence-corrected chi connectivity index (χ2v) is 16.9. The molecular weight excluding hydrogens is 300 g/mol. The Morgan fingerprint density at radius 2 is 1.44 bits per heavy atom. The number of rotatable bonds is 1. The Balaban J connectivity index is 2.39. The summed E-state index contributed by atoms with van der Waals surface area (Å²) >= 11 is -2.35. The molecule has 0 saturated carbocycles. The Morgan fingerprint density at radius 1 is 0.833 bits per heavy atom. The fourth-order valence-electron chi connectivity index (χ4n) is 1.77. The molecule has 0 N–H and O–H groups in total. The zero-order chi connectivity index (χ0) is 13.0. The van der Waals surface area contributed by atoms with Gasteiger partial charge < -0.3 is 0 Å². The molecule has 0 spiro atoms. The molecule has 0 bridgehead atoms. The Labute approximate surface area is 116 Å². The number of hydrogen-bond donors (Lipinski definition) is 0. The Bertz CT molecular complexity index is 586. The monoisotopic (exact) mass is 316 g/mol. The van der Waals surface area contributed by atoms with Crippen molar-refractivity contribution in [2.45, 2.75) is 11.5 Å². The van der Waals surface area contributed by atoms with E-state index in [-0.39, 0.29) is 0 Å². The molecule has 0 aliphatic heterocycles. The summed E-state index contributed by atoms with van der Waals surface area (Å²) in [4.78, 5) is 0. The Kier molecular flexibility index (Phi) is 4.16. The third-order valence-electron chi connectivity index (χ3n) is 2.68. The molecule has 0 fully saturated rings. The predicted molar refractivity (Wildman–Crippen MR) is 81.8 cm³/mol. The van der Waals surface area contributed by atoms with Crippen LogP contribution in [0.1, 0.15) is 11.1 Å². The van der Waals surface area contributed by atoms with E-state index in [0.717, 1.165) is 11.1 Å². The predicted octanol–water partition coefficient (Wildman–Crippen LogP) is 3.74. The second kappa shape index (κ2) is 5.65. The first kappa shape index (κ1) is 13.3. The van der Waals surface area contributed by atoms with Gasteiger partial charge in [0.15, 0.2) is 0 Å². The van der Waals surface area contributed by atoms with Crippen molar-refractivity contribution >= 4 is 26.7 Å². The zero-order valence-corrected chi connectivity index (χ0v) is 13.4. The van der Waals surface area contributed by atoms with Crippen LogP contribution in [-0.4, -0.2) is 12.3 Å². The van der Waals surface area contributed by atoms with Crippen LogP contribution in [0.2, 0.25) is 11.5 Å². The molecule has 0 nitrogen and oxygen atoms in total.